The van der Waals surface area contributed by atoms with E-state index in [9.17, 15) is 4.79 Å². The Hall–Kier alpha value is -1.80. The van der Waals surface area contributed by atoms with Crippen LogP contribution in [0.15, 0.2) is 54.6 Å². The Morgan fingerprint density at radius 1 is 0.944 bits per heavy atom. The van der Waals surface area contributed by atoms with E-state index in [4.69, 9.17) is 16.3 Å². The van der Waals surface area contributed by atoms with E-state index in [1.165, 1.54) is 5.56 Å². The van der Waals surface area contributed by atoms with E-state index in [1.54, 1.807) is 0 Å². The number of alkyl halides is 1. The monoisotopic (exact) mass is 260 g/mol. The number of esters is 1. The van der Waals surface area contributed by atoms with Gasteiger partial charge in [0.15, 0.2) is 0 Å². The van der Waals surface area contributed by atoms with Crippen LogP contribution in [-0.4, -0.2) is 11.8 Å². The van der Waals surface area contributed by atoms with Crippen molar-refractivity contribution in [1.29, 1.82) is 0 Å². The molecule has 2 rings (SSSR count). The van der Waals surface area contributed by atoms with Crippen LogP contribution in [0.4, 0.5) is 0 Å². The smallest absolute Gasteiger partial charge is 0.321 e. The Bertz CT molecular complexity index is 506. The normalized spacial score (nSPS) is 10.1. The highest BCUT2D eigenvalue weighted by Gasteiger charge is 2.01. The van der Waals surface area contributed by atoms with Crippen LogP contribution in [0.25, 0.3) is 11.1 Å². The molecule has 2 nitrogen and oxygen atoms in total. The second kappa shape index (κ2) is 6.22. The standard InChI is InChI=1S/C15H13ClO2/c16-10-15(17)18-11-12-6-8-14(9-7-12)13-4-2-1-3-5-13/h1-9H,10-11H2. The summed E-state index contributed by atoms with van der Waals surface area (Å²) in [4.78, 5) is 10.9. The summed E-state index contributed by atoms with van der Waals surface area (Å²) in [7, 11) is 0. The summed E-state index contributed by atoms with van der Waals surface area (Å²) in [6.45, 7) is 0.265. The lowest BCUT2D eigenvalue weighted by Gasteiger charge is -2.05. The molecular weight excluding hydrogens is 248 g/mol. The fourth-order valence-corrected chi connectivity index (χ4v) is 1.70. The zero-order valence-electron chi connectivity index (χ0n) is 9.80. The average Bonchev–Trinajstić information content (AvgIpc) is 2.46. The summed E-state index contributed by atoms with van der Waals surface area (Å²) >= 11 is 5.35. The third kappa shape index (κ3) is 3.34. The van der Waals surface area contributed by atoms with Gasteiger partial charge >= 0.3 is 5.97 Å². The van der Waals surface area contributed by atoms with Gasteiger partial charge in [-0.3, -0.25) is 4.79 Å². The lowest BCUT2D eigenvalue weighted by molar-refractivity contribution is -0.141. The minimum atomic E-state index is -0.399. The van der Waals surface area contributed by atoms with Gasteiger partial charge in [0.1, 0.15) is 12.5 Å². The molecule has 0 unspecified atom stereocenters. The first-order chi connectivity index (χ1) is 8.79. The van der Waals surface area contributed by atoms with Gasteiger partial charge in [0.05, 0.1) is 0 Å². The maximum atomic E-state index is 10.9. The molecule has 2 aromatic rings. The molecule has 0 aliphatic rings. The molecule has 18 heavy (non-hydrogen) atoms. The maximum Gasteiger partial charge on any atom is 0.321 e. The topological polar surface area (TPSA) is 26.3 Å². The molecule has 2 aromatic carbocycles. The SMILES string of the molecule is O=C(CCl)OCc1ccc(-c2ccccc2)cc1. The number of carbonyl (C=O) groups excluding carboxylic acids is 1. The second-order valence-corrected chi connectivity index (χ2v) is 4.12. The van der Waals surface area contributed by atoms with Gasteiger partial charge < -0.3 is 4.74 Å². The Kier molecular flexibility index (Phi) is 4.37. The van der Waals surface area contributed by atoms with E-state index >= 15 is 0 Å². The lowest BCUT2D eigenvalue weighted by Crippen LogP contribution is -2.05. The maximum absolute atomic E-state index is 10.9. The summed E-state index contributed by atoms with van der Waals surface area (Å²) in [5.41, 5.74) is 3.26. The Labute approximate surface area is 111 Å². The van der Waals surface area contributed by atoms with E-state index < -0.39 is 5.97 Å². The summed E-state index contributed by atoms with van der Waals surface area (Å²) in [5, 5.41) is 0. The van der Waals surface area contributed by atoms with Crippen molar-refractivity contribution in [2.24, 2.45) is 0 Å². The first-order valence-corrected chi connectivity index (χ1v) is 6.19. The molecule has 92 valence electrons. The van der Waals surface area contributed by atoms with E-state index in [0.29, 0.717) is 0 Å². The van der Waals surface area contributed by atoms with Gasteiger partial charge in [-0.15, -0.1) is 11.6 Å². The zero-order valence-corrected chi connectivity index (χ0v) is 10.6. The van der Waals surface area contributed by atoms with Crippen molar-refractivity contribution in [2.45, 2.75) is 6.61 Å². The number of halogens is 1. The van der Waals surface area contributed by atoms with E-state index in [0.717, 1.165) is 11.1 Å². The molecule has 0 aliphatic heterocycles. The van der Waals surface area contributed by atoms with Crippen molar-refractivity contribution < 1.29 is 9.53 Å². The fraction of sp³-hybridized carbons (Fsp3) is 0.133. The highest BCUT2D eigenvalue weighted by molar-refractivity contribution is 6.26. The van der Waals surface area contributed by atoms with Crippen molar-refractivity contribution in [3.8, 4) is 11.1 Å². The minimum Gasteiger partial charge on any atom is -0.460 e. The number of hydrogen-bond donors (Lipinski definition) is 0. The Morgan fingerprint density at radius 2 is 1.56 bits per heavy atom. The number of hydrogen-bond acceptors (Lipinski definition) is 2. The fourth-order valence-electron chi connectivity index (χ4n) is 1.63. The van der Waals surface area contributed by atoms with Gasteiger partial charge in [-0.1, -0.05) is 54.6 Å². The molecule has 0 saturated carbocycles. The highest BCUT2D eigenvalue weighted by Crippen LogP contribution is 2.19. The molecule has 0 N–H and O–H groups in total. The van der Waals surface area contributed by atoms with Gasteiger partial charge in [0, 0.05) is 0 Å². The molecule has 0 spiro atoms. The van der Waals surface area contributed by atoms with Crippen LogP contribution in [0.5, 0.6) is 0 Å². The third-order valence-electron chi connectivity index (χ3n) is 2.57. The van der Waals surface area contributed by atoms with Crippen LogP contribution in [0.1, 0.15) is 5.56 Å². The summed E-state index contributed by atoms with van der Waals surface area (Å²) in [5.74, 6) is -0.508. The minimum absolute atomic E-state index is 0.109. The molecule has 0 fully saturated rings. The third-order valence-corrected chi connectivity index (χ3v) is 2.79. The first kappa shape index (κ1) is 12.7. The zero-order chi connectivity index (χ0) is 12.8. The average molecular weight is 261 g/mol. The predicted molar refractivity (Wildman–Crippen MR) is 72.4 cm³/mol. The largest absolute Gasteiger partial charge is 0.460 e. The van der Waals surface area contributed by atoms with Gasteiger partial charge in [-0.05, 0) is 16.7 Å². The molecule has 0 aromatic heterocycles. The first-order valence-electron chi connectivity index (χ1n) is 5.65. The van der Waals surface area contributed by atoms with Crippen molar-refractivity contribution in [3.05, 3.63) is 60.2 Å². The Balaban J connectivity index is 2.04. The Morgan fingerprint density at radius 3 is 2.17 bits per heavy atom. The van der Waals surface area contributed by atoms with Crippen LogP contribution in [-0.2, 0) is 16.1 Å². The molecule has 0 atom stereocenters. The molecule has 3 heteroatoms. The summed E-state index contributed by atoms with van der Waals surface area (Å²) in [6.07, 6.45) is 0. The molecule has 0 heterocycles. The quantitative estimate of drug-likeness (QED) is 0.620. The second-order valence-electron chi connectivity index (χ2n) is 3.86. The van der Waals surface area contributed by atoms with Crippen LogP contribution in [0, 0.1) is 0 Å². The predicted octanol–water partition coefficient (Wildman–Crippen LogP) is 3.64. The molecule has 0 amide bonds. The highest BCUT2D eigenvalue weighted by atomic mass is 35.5. The van der Waals surface area contributed by atoms with Crippen molar-refractivity contribution >= 4 is 17.6 Å². The molecule has 0 bridgehead atoms. The number of ether oxygens (including phenoxy) is 1. The van der Waals surface area contributed by atoms with Gasteiger partial charge in [0.2, 0.25) is 0 Å². The van der Waals surface area contributed by atoms with Crippen LogP contribution in [0.2, 0.25) is 0 Å². The molecule has 0 aliphatic carbocycles. The van der Waals surface area contributed by atoms with Crippen LogP contribution < -0.4 is 0 Å². The number of carbonyl (C=O) groups is 1. The van der Waals surface area contributed by atoms with Gasteiger partial charge in [0.25, 0.3) is 0 Å². The number of benzene rings is 2. The molecule has 0 radical (unpaired) electrons. The van der Waals surface area contributed by atoms with Gasteiger partial charge in [-0.25, -0.2) is 0 Å². The van der Waals surface area contributed by atoms with Crippen molar-refractivity contribution in [1.82, 2.24) is 0 Å². The van der Waals surface area contributed by atoms with E-state index in [-0.39, 0.29) is 12.5 Å². The number of rotatable bonds is 4. The van der Waals surface area contributed by atoms with Gasteiger partial charge in [-0.2, -0.15) is 0 Å². The van der Waals surface area contributed by atoms with Crippen LogP contribution in [0.3, 0.4) is 0 Å². The molecular formula is C15H13ClO2. The van der Waals surface area contributed by atoms with Crippen molar-refractivity contribution in [3.63, 3.8) is 0 Å². The van der Waals surface area contributed by atoms with Crippen molar-refractivity contribution in [2.75, 3.05) is 5.88 Å². The summed E-state index contributed by atoms with van der Waals surface area (Å²) < 4.78 is 4.95. The molecule has 0 saturated heterocycles. The van der Waals surface area contributed by atoms with E-state index in [1.807, 2.05) is 42.5 Å². The van der Waals surface area contributed by atoms with E-state index in [2.05, 4.69) is 12.1 Å². The van der Waals surface area contributed by atoms with Crippen LogP contribution >= 0.6 is 11.6 Å². The summed E-state index contributed by atoms with van der Waals surface area (Å²) in [6, 6.07) is 18.0. The lowest BCUT2D eigenvalue weighted by atomic mass is 10.0.